The predicted octanol–water partition coefficient (Wildman–Crippen LogP) is 3.01. The molecule has 0 aliphatic heterocycles. The summed E-state index contributed by atoms with van der Waals surface area (Å²) in [6.07, 6.45) is -1.62. The van der Waals surface area contributed by atoms with Gasteiger partial charge in [0.2, 0.25) is 6.43 Å². The van der Waals surface area contributed by atoms with Crippen LogP contribution in [-0.4, -0.2) is 19.0 Å². The number of rotatable bonds is 4. The summed E-state index contributed by atoms with van der Waals surface area (Å²) in [7, 11) is 0. The summed E-state index contributed by atoms with van der Waals surface area (Å²) < 4.78 is 29.1. The molecule has 0 aromatic rings. The molecule has 4 heteroatoms. The molecule has 1 aliphatic carbocycles. The summed E-state index contributed by atoms with van der Waals surface area (Å²) in [4.78, 5) is 10.8. The fraction of sp³-hybridized carbons (Fsp3) is 0.900. The lowest BCUT2D eigenvalue weighted by Crippen LogP contribution is -2.18. The van der Waals surface area contributed by atoms with Crippen molar-refractivity contribution < 1.29 is 18.3 Å². The molecule has 0 bridgehead atoms. The van der Waals surface area contributed by atoms with Crippen LogP contribution in [0.3, 0.4) is 0 Å². The van der Waals surface area contributed by atoms with Gasteiger partial charge in [-0.1, -0.05) is 13.8 Å². The monoisotopic (exact) mass is 208 g/mol. The Morgan fingerprint density at radius 3 is 2.21 bits per heavy atom. The maximum Gasteiger partial charge on any atom is 0.306 e. The Labute approximate surface area is 83.6 Å². The smallest absolute Gasteiger partial charge is 0.306 e. The van der Waals surface area contributed by atoms with Gasteiger partial charge in [-0.3, -0.25) is 4.79 Å². The molecule has 1 rings (SSSR count). The van der Waals surface area contributed by atoms with Crippen LogP contribution < -0.4 is 0 Å². The quantitative estimate of drug-likeness (QED) is 0.664. The third kappa shape index (κ3) is 3.60. The second-order valence-corrected chi connectivity index (χ2v) is 3.14. The van der Waals surface area contributed by atoms with E-state index in [1.165, 1.54) is 0 Å². The molecule has 0 radical (unpaired) electrons. The average Bonchev–Trinajstić information content (AvgIpc) is 2.89. The zero-order valence-electron chi connectivity index (χ0n) is 8.98. The van der Waals surface area contributed by atoms with Crippen molar-refractivity contribution in [2.45, 2.75) is 46.5 Å². The van der Waals surface area contributed by atoms with Crippen molar-refractivity contribution in [1.29, 1.82) is 0 Å². The van der Waals surface area contributed by atoms with Gasteiger partial charge in [0.1, 0.15) is 0 Å². The molecule has 0 amide bonds. The second kappa shape index (κ2) is 5.94. The highest BCUT2D eigenvalue weighted by Gasteiger charge is 2.52. The topological polar surface area (TPSA) is 26.3 Å². The number of hydrogen-bond acceptors (Lipinski definition) is 2. The van der Waals surface area contributed by atoms with Crippen LogP contribution in [0.25, 0.3) is 0 Å². The molecule has 0 unspecified atom stereocenters. The van der Waals surface area contributed by atoms with Gasteiger partial charge in [-0.25, -0.2) is 8.78 Å². The maximum absolute atomic E-state index is 12.3. The predicted molar refractivity (Wildman–Crippen MR) is 50.3 cm³/mol. The van der Waals surface area contributed by atoms with Crippen LogP contribution in [0.5, 0.6) is 0 Å². The van der Waals surface area contributed by atoms with Crippen molar-refractivity contribution in [2.75, 3.05) is 6.61 Å². The normalized spacial score (nSPS) is 17.0. The first kappa shape index (κ1) is 13.3. The third-order valence-electron chi connectivity index (χ3n) is 2.16. The van der Waals surface area contributed by atoms with Crippen molar-refractivity contribution in [2.24, 2.45) is 5.41 Å². The lowest BCUT2D eigenvalue weighted by molar-refractivity contribution is -0.146. The molecule has 0 atom stereocenters. The minimum Gasteiger partial charge on any atom is -0.466 e. The van der Waals surface area contributed by atoms with Crippen LogP contribution in [0, 0.1) is 5.41 Å². The molecule has 14 heavy (non-hydrogen) atoms. The van der Waals surface area contributed by atoms with Crippen LogP contribution in [0.1, 0.15) is 40.0 Å². The first-order chi connectivity index (χ1) is 6.60. The highest BCUT2D eigenvalue weighted by molar-refractivity contribution is 5.70. The molecule has 0 spiro atoms. The van der Waals surface area contributed by atoms with Gasteiger partial charge in [-0.05, 0) is 19.8 Å². The minimum atomic E-state index is -2.39. The van der Waals surface area contributed by atoms with Gasteiger partial charge in [0.05, 0.1) is 13.0 Å². The number of hydrogen-bond donors (Lipinski definition) is 0. The second-order valence-electron chi connectivity index (χ2n) is 3.14. The first-order valence-electron chi connectivity index (χ1n) is 5.04. The Kier molecular flexibility index (Phi) is 5.65. The van der Waals surface area contributed by atoms with Crippen molar-refractivity contribution in [3.63, 3.8) is 0 Å². The van der Waals surface area contributed by atoms with Crippen LogP contribution in [0.2, 0.25) is 0 Å². The molecule has 1 saturated carbocycles. The Balaban J connectivity index is 0.000000791. The molecule has 0 N–H and O–H groups in total. The van der Waals surface area contributed by atoms with E-state index < -0.39 is 17.8 Å². The summed E-state index contributed by atoms with van der Waals surface area (Å²) in [5.74, 6) is -0.504. The lowest BCUT2D eigenvalue weighted by Gasteiger charge is -2.11. The number of carbonyl (C=O) groups is 1. The molecule has 1 aliphatic rings. The van der Waals surface area contributed by atoms with Crippen molar-refractivity contribution in [1.82, 2.24) is 0 Å². The summed E-state index contributed by atoms with van der Waals surface area (Å²) in [6.45, 7) is 5.93. The molecular weight excluding hydrogens is 190 g/mol. The van der Waals surface area contributed by atoms with E-state index in [1.807, 2.05) is 13.8 Å². The van der Waals surface area contributed by atoms with Crippen LogP contribution in [-0.2, 0) is 9.53 Å². The van der Waals surface area contributed by atoms with E-state index in [0.717, 1.165) is 0 Å². The molecule has 0 heterocycles. The Morgan fingerprint density at radius 2 is 1.93 bits per heavy atom. The molecule has 0 aromatic heterocycles. The summed E-state index contributed by atoms with van der Waals surface area (Å²) in [5.41, 5.74) is -1.04. The molecule has 1 fully saturated rings. The minimum absolute atomic E-state index is 0.126. The van der Waals surface area contributed by atoms with Crippen molar-refractivity contribution in [3.05, 3.63) is 0 Å². The Morgan fingerprint density at radius 1 is 1.43 bits per heavy atom. The maximum atomic E-state index is 12.3. The number of alkyl halides is 2. The van der Waals surface area contributed by atoms with Gasteiger partial charge < -0.3 is 4.74 Å². The summed E-state index contributed by atoms with van der Waals surface area (Å²) in [6, 6.07) is 0. The third-order valence-corrected chi connectivity index (χ3v) is 2.16. The fourth-order valence-electron chi connectivity index (χ4n) is 1.13. The van der Waals surface area contributed by atoms with E-state index in [1.54, 1.807) is 6.92 Å². The molecule has 0 aromatic carbocycles. The van der Waals surface area contributed by atoms with Gasteiger partial charge in [-0.15, -0.1) is 0 Å². The average molecular weight is 208 g/mol. The number of ether oxygens (including phenoxy) is 1. The van der Waals surface area contributed by atoms with E-state index in [-0.39, 0.29) is 13.0 Å². The summed E-state index contributed by atoms with van der Waals surface area (Å²) >= 11 is 0. The number of halogens is 2. The van der Waals surface area contributed by atoms with Gasteiger partial charge in [0, 0.05) is 5.41 Å². The zero-order chi connectivity index (χ0) is 11.2. The van der Waals surface area contributed by atoms with Gasteiger partial charge >= 0.3 is 5.97 Å². The van der Waals surface area contributed by atoms with E-state index in [2.05, 4.69) is 4.74 Å². The standard InChI is InChI=1S/C8H12F2O2.C2H6/c1-2-12-6(11)5-8(3-4-8)7(9)10;1-2/h7H,2-5H2,1H3;1-2H3. The number of carbonyl (C=O) groups excluding carboxylic acids is 1. The van der Waals surface area contributed by atoms with Crippen molar-refractivity contribution >= 4 is 5.97 Å². The van der Waals surface area contributed by atoms with E-state index >= 15 is 0 Å². The van der Waals surface area contributed by atoms with E-state index in [0.29, 0.717) is 12.8 Å². The SMILES string of the molecule is CC.CCOC(=O)CC1(C(F)F)CC1. The van der Waals surface area contributed by atoms with Crippen LogP contribution in [0.15, 0.2) is 0 Å². The van der Waals surface area contributed by atoms with Gasteiger partial charge in [0.25, 0.3) is 0 Å². The van der Waals surface area contributed by atoms with Crippen LogP contribution in [0.4, 0.5) is 8.78 Å². The fourth-order valence-corrected chi connectivity index (χ4v) is 1.13. The summed E-state index contributed by atoms with van der Waals surface area (Å²) in [5, 5.41) is 0. The first-order valence-corrected chi connectivity index (χ1v) is 5.04. The molecular formula is C10H18F2O2. The van der Waals surface area contributed by atoms with Gasteiger partial charge in [0.15, 0.2) is 0 Å². The molecule has 84 valence electrons. The molecule has 2 nitrogen and oxygen atoms in total. The van der Waals surface area contributed by atoms with Crippen LogP contribution >= 0.6 is 0 Å². The van der Waals surface area contributed by atoms with E-state index in [4.69, 9.17) is 0 Å². The lowest BCUT2D eigenvalue weighted by atomic mass is 10.0. The van der Waals surface area contributed by atoms with Gasteiger partial charge in [-0.2, -0.15) is 0 Å². The highest BCUT2D eigenvalue weighted by atomic mass is 19.3. The highest BCUT2D eigenvalue weighted by Crippen LogP contribution is 2.53. The van der Waals surface area contributed by atoms with Crippen molar-refractivity contribution in [3.8, 4) is 0 Å². The van der Waals surface area contributed by atoms with E-state index in [9.17, 15) is 13.6 Å². The zero-order valence-corrected chi connectivity index (χ0v) is 8.98. The Bertz CT molecular complexity index is 177. The largest absolute Gasteiger partial charge is 0.466 e. The Hall–Kier alpha value is -0.670. The molecule has 0 saturated heterocycles. The number of esters is 1.